The summed E-state index contributed by atoms with van der Waals surface area (Å²) >= 11 is 0. The van der Waals surface area contributed by atoms with Crippen molar-refractivity contribution in [2.24, 2.45) is 0 Å². The predicted molar refractivity (Wildman–Crippen MR) is 69.6 cm³/mol. The molecule has 0 spiro atoms. The normalized spacial score (nSPS) is 12.4. The van der Waals surface area contributed by atoms with Crippen LogP contribution < -0.4 is 0 Å². The van der Waals surface area contributed by atoms with Crippen LogP contribution in [0.1, 0.15) is 27.9 Å². The van der Waals surface area contributed by atoms with Crippen molar-refractivity contribution in [2.75, 3.05) is 0 Å². The summed E-state index contributed by atoms with van der Waals surface area (Å²) in [5.74, 6) is -0.492. The Balaban J connectivity index is 1.95. The smallest absolute Gasteiger partial charge is 0.245 e. The highest BCUT2D eigenvalue weighted by molar-refractivity contribution is 5.97. The van der Waals surface area contributed by atoms with Gasteiger partial charge in [0.25, 0.3) is 0 Å². The summed E-state index contributed by atoms with van der Waals surface area (Å²) in [6.07, 6.45) is -2.52. The first-order valence-electron chi connectivity index (χ1n) is 6.17. The molecule has 2 aromatic rings. The molecule has 1 nitrogen and oxygen atoms in total. The molecule has 0 saturated heterocycles. The van der Waals surface area contributed by atoms with Gasteiger partial charge in [0.2, 0.25) is 6.43 Å². The van der Waals surface area contributed by atoms with E-state index < -0.39 is 18.6 Å². The van der Waals surface area contributed by atoms with Crippen molar-refractivity contribution in [3.63, 3.8) is 0 Å². The van der Waals surface area contributed by atoms with E-state index in [2.05, 4.69) is 6.07 Å². The first-order valence-corrected chi connectivity index (χ1v) is 6.17. The SMILES string of the molecule is O=C(CC(F)F)c1ccc2c(c1)Cc1ccccc1-2. The Morgan fingerprint density at radius 3 is 2.58 bits per heavy atom. The molecule has 0 unspecified atom stereocenters. The number of halogens is 2. The Labute approximate surface area is 109 Å². The molecule has 19 heavy (non-hydrogen) atoms. The molecule has 2 aromatic carbocycles. The fourth-order valence-electron chi connectivity index (χ4n) is 2.58. The zero-order valence-electron chi connectivity index (χ0n) is 10.2. The summed E-state index contributed by atoms with van der Waals surface area (Å²) in [6, 6.07) is 13.3. The second kappa shape index (κ2) is 4.57. The number of ketones is 1. The number of hydrogen-bond donors (Lipinski definition) is 0. The Hall–Kier alpha value is -2.03. The average molecular weight is 258 g/mol. The van der Waals surface area contributed by atoms with Gasteiger partial charge in [-0.2, -0.15) is 0 Å². The summed E-state index contributed by atoms with van der Waals surface area (Å²) in [7, 11) is 0. The second-order valence-electron chi connectivity index (χ2n) is 4.72. The van der Waals surface area contributed by atoms with Gasteiger partial charge in [0, 0.05) is 5.56 Å². The minimum Gasteiger partial charge on any atom is -0.294 e. The fraction of sp³-hybridized carbons (Fsp3) is 0.188. The molecule has 0 aliphatic heterocycles. The van der Waals surface area contributed by atoms with E-state index in [0.29, 0.717) is 5.56 Å². The molecular formula is C16H12F2O. The monoisotopic (exact) mass is 258 g/mol. The van der Waals surface area contributed by atoms with Crippen molar-refractivity contribution in [1.82, 2.24) is 0 Å². The van der Waals surface area contributed by atoms with Gasteiger partial charge in [-0.3, -0.25) is 4.79 Å². The van der Waals surface area contributed by atoms with Crippen molar-refractivity contribution >= 4 is 5.78 Å². The lowest BCUT2D eigenvalue weighted by Crippen LogP contribution is -2.05. The van der Waals surface area contributed by atoms with Gasteiger partial charge in [-0.1, -0.05) is 36.4 Å². The number of carbonyl (C=O) groups excluding carboxylic acids is 1. The third-order valence-electron chi connectivity index (χ3n) is 3.46. The van der Waals surface area contributed by atoms with E-state index in [1.807, 2.05) is 24.3 Å². The van der Waals surface area contributed by atoms with Gasteiger partial charge in [0.1, 0.15) is 0 Å². The standard InChI is InChI=1S/C16H12F2O/c17-16(18)9-15(19)11-5-6-14-12(8-11)7-10-3-1-2-4-13(10)14/h1-6,8,16H,7,9H2. The molecule has 0 heterocycles. The van der Waals surface area contributed by atoms with E-state index in [1.165, 1.54) is 11.1 Å². The lowest BCUT2D eigenvalue weighted by molar-refractivity contribution is 0.0829. The topological polar surface area (TPSA) is 17.1 Å². The van der Waals surface area contributed by atoms with Crippen molar-refractivity contribution < 1.29 is 13.6 Å². The Morgan fingerprint density at radius 2 is 1.79 bits per heavy atom. The van der Waals surface area contributed by atoms with Gasteiger partial charge in [-0.05, 0) is 34.7 Å². The van der Waals surface area contributed by atoms with Crippen LogP contribution in [0, 0.1) is 0 Å². The molecule has 0 atom stereocenters. The maximum absolute atomic E-state index is 12.2. The van der Waals surface area contributed by atoms with Gasteiger partial charge < -0.3 is 0 Å². The van der Waals surface area contributed by atoms with Gasteiger partial charge in [0.15, 0.2) is 5.78 Å². The zero-order valence-corrected chi connectivity index (χ0v) is 10.2. The van der Waals surface area contributed by atoms with Gasteiger partial charge in [-0.15, -0.1) is 0 Å². The largest absolute Gasteiger partial charge is 0.294 e. The van der Waals surface area contributed by atoms with E-state index in [9.17, 15) is 13.6 Å². The molecular weight excluding hydrogens is 246 g/mol. The van der Waals surface area contributed by atoms with Gasteiger partial charge >= 0.3 is 0 Å². The first-order chi connectivity index (χ1) is 9.15. The third kappa shape index (κ3) is 2.16. The molecule has 96 valence electrons. The predicted octanol–water partition coefficient (Wildman–Crippen LogP) is 4.10. The van der Waals surface area contributed by atoms with Crippen LogP contribution in [0.3, 0.4) is 0 Å². The summed E-state index contributed by atoms with van der Waals surface area (Å²) in [6.45, 7) is 0. The van der Waals surface area contributed by atoms with E-state index >= 15 is 0 Å². The highest BCUT2D eigenvalue weighted by Crippen LogP contribution is 2.36. The summed E-state index contributed by atoms with van der Waals surface area (Å²) in [5.41, 5.74) is 4.92. The second-order valence-corrected chi connectivity index (χ2v) is 4.72. The van der Waals surface area contributed by atoms with Crippen LogP contribution in [-0.4, -0.2) is 12.2 Å². The molecule has 3 rings (SSSR count). The quantitative estimate of drug-likeness (QED) is 0.646. The van der Waals surface area contributed by atoms with E-state index in [0.717, 1.165) is 17.5 Å². The molecule has 0 fully saturated rings. The average Bonchev–Trinajstić information content (AvgIpc) is 2.75. The highest BCUT2D eigenvalue weighted by atomic mass is 19.3. The Bertz CT molecular complexity index is 647. The lowest BCUT2D eigenvalue weighted by Gasteiger charge is -2.04. The fourth-order valence-corrected chi connectivity index (χ4v) is 2.58. The lowest BCUT2D eigenvalue weighted by atomic mass is 10.0. The maximum Gasteiger partial charge on any atom is 0.245 e. The highest BCUT2D eigenvalue weighted by Gasteiger charge is 2.20. The van der Waals surface area contributed by atoms with Gasteiger partial charge in [0.05, 0.1) is 6.42 Å². The van der Waals surface area contributed by atoms with Crippen molar-refractivity contribution in [2.45, 2.75) is 19.3 Å². The molecule has 3 heteroatoms. The number of benzene rings is 2. The number of alkyl halides is 2. The van der Waals surface area contributed by atoms with Crippen molar-refractivity contribution in [3.8, 4) is 11.1 Å². The number of rotatable bonds is 3. The molecule has 0 amide bonds. The molecule has 0 radical (unpaired) electrons. The van der Waals surface area contributed by atoms with Crippen LogP contribution in [0.4, 0.5) is 8.78 Å². The van der Waals surface area contributed by atoms with E-state index in [-0.39, 0.29) is 0 Å². The number of fused-ring (bicyclic) bond motifs is 3. The van der Waals surface area contributed by atoms with Crippen LogP contribution in [0.5, 0.6) is 0 Å². The molecule has 0 saturated carbocycles. The minimum atomic E-state index is -2.59. The number of carbonyl (C=O) groups is 1. The first kappa shape index (κ1) is 12.0. The molecule has 0 bridgehead atoms. The van der Waals surface area contributed by atoms with Crippen LogP contribution in [0.25, 0.3) is 11.1 Å². The van der Waals surface area contributed by atoms with Crippen LogP contribution in [0.2, 0.25) is 0 Å². The van der Waals surface area contributed by atoms with Crippen molar-refractivity contribution in [1.29, 1.82) is 0 Å². The Kier molecular flexibility index (Phi) is 2.90. The Morgan fingerprint density at radius 1 is 1.05 bits per heavy atom. The van der Waals surface area contributed by atoms with E-state index in [4.69, 9.17) is 0 Å². The summed E-state index contributed by atoms with van der Waals surface area (Å²) < 4.78 is 24.5. The molecule has 0 aromatic heterocycles. The van der Waals surface area contributed by atoms with Gasteiger partial charge in [-0.25, -0.2) is 8.78 Å². The third-order valence-corrected chi connectivity index (χ3v) is 3.46. The minimum absolute atomic E-state index is 0.381. The van der Waals surface area contributed by atoms with Crippen LogP contribution in [0.15, 0.2) is 42.5 Å². The molecule has 1 aliphatic rings. The van der Waals surface area contributed by atoms with E-state index in [1.54, 1.807) is 12.1 Å². The summed E-state index contributed by atoms with van der Waals surface area (Å²) in [5, 5.41) is 0. The number of Topliss-reactive ketones (excluding diaryl/α,β-unsaturated/α-hetero) is 1. The molecule has 0 N–H and O–H groups in total. The number of hydrogen-bond acceptors (Lipinski definition) is 1. The molecule has 1 aliphatic carbocycles. The van der Waals surface area contributed by atoms with Crippen LogP contribution >= 0.6 is 0 Å². The summed E-state index contributed by atoms with van der Waals surface area (Å²) in [4.78, 5) is 11.6. The van der Waals surface area contributed by atoms with Crippen LogP contribution in [-0.2, 0) is 6.42 Å². The van der Waals surface area contributed by atoms with Crippen molar-refractivity contribution in [3.05, 3.63) is 59.2 Å². The maximum atomic E-state index is 12.2. The zero-order chi connectivity index (χ0) is 13.4.